The van der Waals surface area contributed by atoms with Crippen molar-refractivity contribution in [2.24, 2.45) is 10.9 Å². The van der Waals surface area contributed by atoms with E-state index in [2.05, 4.69) is 26.9 Å². The molecule has 0 saturated carbocycles. The molecule has 2 N–H and O–H groups in total. The Morgan fingerprint density at radius 3 is 2.42 bits per heavy atom. The van der Waals surface area contributed by atoms with Crippen LogP contribution in [0.4, 0.5) is 0 Å². The Hall–Kier alpha value is -0.870. The van der Waals surface area contributed by atoms with Gasteiger partial charge in [-0.25, -0.2) is 13.1 Å². The summed E-state index contributed by atoms with van der Waals surface area (Å²) in [7, 11) is -1.68. The molecule has 1 aliphatic rings. The van der Waals surface area contributed by atoms with Gasteiger partial charge in [-0.15, -0.1) is 24.0 Å². The van der Waals surface area contributed by atoms with Crippen molar-refractivity contribution in [2.75, 3.05) is 33.2 Å². The summed E-state index contributed by atoms with van der Waals surface area (Å²) in [6.45, 7) is 5.09. The predicted molar refractivity (Wildman–Crippen MR) is 108 cm³/mol. The van der Waals surface area contributed by atoms with Gasteiger partial charge in [0.05, 0.1) is 4.90 Å². The lowest BCUT2D eigenvalue weighted by Gasteiger charge is -2.32. The molecule has 1 fully saturated rings. The highest BCUT2D eigenvalue weighted by atomic mass is 127. The van der Waals surface area contributed by atoms with Gasteiger partial charge in [-0.3, -0.25) is 4.99 Å². The topological polar surface area (TPSA) is 73.8 Å². The largest absolute Gasteiger partial charge is 0.355 e. The fourth-order valence-electron chi connectivity index (χ4n) is 2.60. The van der Waals surface area contributed by atoms with Gasteiger partial charge in [0.15, 0.2) is 5.96 Å². The van der Waals surface area contributed by atoms with Crippen LogP contribution in [-0.2, 0) is 10.0 Å². The molecule has 24 heavy (non-hydrogen) atoms. The molecule has 0 aromatic heterocycles. The molecule has 1 aromatic carbocycles. The summed E-state index contributed by atoms with van der Waals surface area (Å²) in [6, 6.07) is 8.40. The second kappa shape index (κ2) is 10.2. The first-order valence-corrected chi connectivity index (χ1v) is 9.51. The molecule has 0 amide bonds. The number of nitrogens with zero attached hydrogens (tertiary/aromatic N) is 2. The van der Waals surface area contributed by atoms with E-state index in [0.717, 1.165) is 25.0 Å². The van der Waals surface area contributed by atoms with Crippen molar-refractivity contribution in [3.63, 3.8) is 0 Å². The van der Waals surface area contributed by atoms with Crippen molar-refractivity contribution < 1.29 is 8.42 Å². The molecular formula is C16H27IN4O2S. The molecule has 1 aromatic rings. The van der Waals surface area contributed by atoms with Crippen LogP contribution in [0.3, 0.4) is 0 Å². The summed E-state index contributed by atoms with van der Waals surface area (Å²) >= 11 is 0. The van der Waals surface area contributed by atoms with Gasteiger partial charge in [0.1, 0.15) is 0 Å². The molecule has 0 atom stereocenters. The molecule has 1 aliphatic heterocycles. The average Bonchev–Trinajstić information content (AvgIpc) is 2.57. The van der Waals surface area contributed by atoms with E-state index in [4.69, 9.17) is 0 Å². The number of hydrogen-bond donors (Lipinski definition) is 2. The van der Waals surface area contributed by atoms with E-state index in [0.29, 0.717) is 13.1 Å². The van der Waals surface area contributed by atoms with Crippen LogP contribution in [0, 0.1) is 5.92 Å². The first-order chi connectivity index (χ1) is 11.0. The molecule has 1 heterocycles. The highest BCUT2D eigenvalue weighted by molar-refractivity contribution is 14.0. The lowest BCUT2D eigenvalue weighted by atomic mass is 10.00. The molecule has 2 rings (SSSR count). The van der Waals surface area contributed by atoms with Gasteiger partial charge in [-0.05, 0) is 30.9 Å². The fraction of sp³-hybridized carbons (Fsp3) is 0.562. The third kappa shape index (κ3) is 6.21. The SMILES string of the molecule is CN=C(NCCNS(=O)(=O)c1ccccc1)N1CCC(C)CC1.I. The van der Waals surface area contributed by atoms with Gasteiger partial charge < -0.3 is 10.2 Å². The van der Waals surface area contributed by atoms with Crippen molar-refractivity contribution in [3.05, 3.63) is 30.3 Å². The lowest BCUT2D eigenvalue weighted by Crippen LogP contribution is -2.47. The molecule has 8 heteroatoms. The normalized spacial score (nSPS) is 16.6. The van der Waals surface area contributed by atoms with Gasteiger partial charge >= 0.3 is 0 Å². The summed E-state index contributed by atoms with van der Waals surface area (Å²) in [5.74, 6) is 1.61. The number of aliphatic imine (C=N–C) groups is 1. The van der Waals surface area contributed by atoms with Crippen LogP contribution in [0.1, 0.15) is 19.8 Å². The molecule has 0 unspecified atom stereocenters. The second-order valence-corrected chi connectivity index (χ2v) is 7.62. The molecule has 0 spiro atoms. The Morgan fingerprint density at radius 1 is 1.21 bits per heavy atom. The molecule has 0 radical (unpaired) electrons. The molecule has 0 bridgehead atoms. The number of guanidine groups is 1. The number of sulfonamides is 1. The lowest BCUT2D eigenvalue weighted by molar-refractivity contribution is 0.273. The third-order valence-electron chi connectivity index (χ3n) is 4.05. The highest BCUT2D eigenvalue weighted by Crippen LogP contribution is 2.15. The maximum Gasteiger partial charge on any atom is 0.240 e. The zero-order chi connectivity index (χ0) is 16.7. The zero-order valence-corrected chi connectivity index (χ0v) is 17.4. The molecule has 0 aliphatic carbocycles. The van der Waals surface area contributed by atoms with E-state index in [1.165, 1.54) is 12.8 Å². The molecule has 1 saturated heterocycles. The fourth-order valence-corrected chi connectivity index (χ4v) is 3.65. The Morgan fingerprint density at radius 2 is 1.83 bits per heavy atom. The van der Waals surface area contributed by atoms with E-state index < -0.39 is 10.0 Å². The minimum atomic E-state index is -3.44. The third-order valence-corrected chi connectivity index (χ3v) is 5.53. The molecule has 6 nitrogen and oxygen atoms in total. The van der Waals surface area contributed by atoms with E-state index >= 15 is 0 Å². The number of nitrogens with one attached hydrogen (secondary N) is 2. The molecular weight excluding hydrogens is 439 g/mol. The van der Waals surface area contributed by atoms with Crippen molar-refractivity contribution >= 4 is 40.0 Å². The van der Waals surface area contributed by atoms with Gasteiger partial charge in [-0.1, -0.05) is 25.1 Å². The predicted octanol–water partition coefficient (Wildman–Crippen LogP) is 1.89. The number of likely N-dealkylation sites (tertiary alicyclic amines) is 1. The van der Waals surface area contributed by atoms with Crippen LogP contribution < -0.4 is 10.0 Å². The van der Waals surface area contributed by atoms with E-state index in [1.54, 1.807) is 37.4 Å². The standard InChI is InChI=1S/C16H26N4O2S.HI/c1-14-8-12-20(13-9-14)16(17-2)18-10-11-19-23(21,22)15-6-4-3-5-7-15;/h3-7,14,19H,8-13H2,1-2H3,(H,17,18);1H. The first kappa shape index (κ1) is 21.2. The number of benzene rings is 1. The number of rotatable bonds is 5. The molecule has 136 valence electrons. The number of hydrogen-bond acceptors (Lipinski definition) is 3. The summed E-state index contributed by atoms with van der Waals surface area (Å²) in [4.78, 5) is 6.80. The monoisotopic (exact) mass is 466 g/mol. The van der Waals surface area contributed by atoms with Gasteiger partial charge in [0.25, 0.3) is 0 Å². The summed E-state index contributed by atoms with van der Waals surface area (Å²) in [5, 5.41) is 3.23. The zero-order valence-electron chi connectivity index (χ0n) is 14.2. The van der Waals surface area contributed by atoms with Gasteiger partial charge in [0, 0.05) is 33.2 Å². The van der Waals surface area contributed by atoms with Crippen molar-refractivity contribution in [3.8, 4) is 0 Å². The van der Waals surface area contributed by atoms with Crippen molar-refractivity contribution in [1.82, 2.24) is 14.9 Å². The average molecular weight is 466 g/mol. The van der Waals surface area contributed by atoms with Crippen LogP contribution in [0.15, 0.2) is 40.2 Å². The van der Waals surface area contributed by atoms with Crippen LogP contribution in [0.2, 0.25) is 0 Å². The minimum absolute atomic E-state index is 0. The maximum absolute atomic E-state index is 12.1. The summed E-state index contributed by atoms with van der Waals surface area (Å²) < 4.78 is 26.8. The van der Waals surface area contributed by atoms with Gasteiger partial charge in [-0.2, -0.15) is 0 Å². The highest BCUT2D eigenvalue weighted by Gasteiger charge is 2.18. The van der Waals surface area contributed by atoms with E-state index in [1.807, 2.05) is 0 Å². The maximum atomic E-state index is 12.1. The summed E-state index contributed by atoms with van der Waals surface area (Å²) in [5.41, 5.74) is 0. The van der Waals surface area contributed by atoms with Crippen LogP contribution in [0.5, 0.6) is 0 Å². The Kier molecular flexibility index (Phi) is 8.99. The Balaban J connectivity index is 0.00000288. The van der Waals surface area contributed by atoms with E-state index in [9.17, 15) is 8.42 Å². The smallest absolute Gasteiger partial charge is 0.240 e. The van der Waals surface area contributed by atoms with Gasteiger partial charge in [0.2, 0.25) is 10.0 Å². The first-order valence-electron chi connectivity index (χ1n) is 8.03. The summed E-state index contributed by atoms with van der Waals surface area (Å²) in [6.07, 6.45) is 2.34. The van der Waals surface area contributed by atoms with Crippen LogP contribution >= 0.6 is 24.0 Å². The van der Waals surface area contributed by atoms with Crippen molar-refractivity contribution in [1.29, 1.82) is 0 Å². The van der Waals surface area contributed by atoms with Crippen molar-refractivity contribution in [2.45, 2.75) is 24.7 Å². The number of piperidine rings is 1. The number of halogens is 1. The second-order valence-electron chi connectivity index (χ2n) is 5.85. The Bertz CT molecular complexity index is 614. The Labute approximate surface area is 162 Å². The quantitative estimate of drug-likeness (QED) is 0.301. The van der Waals surface area contributed by atoms with Crippen LogP contribution in [0.25, 0.3) is 0 Å². The van der Waals surface area contributed by atoms with Crippen LogP contribution in [-0.4, -0.2) is 52.5 Å². The minimum Gasteiger partial charge on any atom is -0.355 e. The van der Waals surface area contributed by atoms with E-state index in [-0.39, 0.29) is 28.9 Å².